The number of hydrogen-bond donors (Lipinski definition) is 0. The van der Waals surface area contributed by atoms with Crippen LogP contribution in [0.4, 0.5) is 0 Å². The van der Waals surface area contributed by atoms with Crippen LogP contribution in [-0.4, -0.2) is 0 Å². The summed E-state index contributed by atoms with van der Waals surface area (Å²) in [5, 5.41) is 8.83. The van der Waals surface area contributed by atoms with Gasteiger partial charge in [0.15, 0.2) is 0 Å². The lowest BCUT2D eigenvalue weighted by atomic mass is 9.98. The van der Waals surface area contributed by atoms with E-state index in [2.05, 4.69) is 49.4 Å². The monoisotopic (exact) mass is 257 g/mol. The Bertz CT molecular complexity index is 723. The minimum atomic E-state index is 0.707. The van der Waals surface area contributed by atoms with E-state index in [4.69, 9.17) is 5.26 Å². The summed E-state index contributed by atoms with van der Waals surface area (Å²) < 4.78 is 0. The first-order valence-corrected chi connectivity index (χ1v) is 6.73. The Labute approximate surface area is 119 Å². The Hall–Kier alpha value is -2.59. The fourth-order valence-electron chi connectivity index (χ4n) is 2.45. The van der Waals surface area contributed by atoms with Crippen molar-refractivity contribution in [2.75, 3.05) is 0 Å². The average Bonchev–Trinajstić information content (AvgIpc) is 2.98. The molecule has 0 bridgehead atoms. The van der Waals surface area contributed by atoms with E-state index >= 15 is 0 Å². The molecule has 0 spiro atoms. The van der Waals surface area contributed by atoms with Crippen LogP contribution < -0.4 is 0 Å². The summed E-state index contributed by atoms with van der Waals surface area (Å²) in [4.78, 5) is 0. The third-order valence-corrected chi connectivity index (χ3v) is 3.67. The molecule has 0 atom stereocenters. The van der Waals surface area contributed by atoms with E-state index in [1.807, 2.05) is 24.3 Å². The van der Waals surface area contributed by atoms with Crippen molar-refractivity contribution in [3.63, 3.8) is 0 Å². The van der Waals surface area contributed by atoms with Crippen LogP contribution >= 0.6 is 0 Å². The van der Waals surface area contributed by atoms with Gasteiger partial charge in [0.1, 0.15) is 0 Å². The maximum absolute atomic E-state index is 8.83. The number of benzene rings is 2. The van der Waals surface area contributed by atoms with E-state index in [0.717, 1.165) is 6.42 Å². The molecule has 1 aliphatic carbocycles. The van der Waals surface area contributed by atoms with Crippen LogP contribution in [0.5, 0.6) is 0 Å². The molecule has 0 saturated heterocycles. The first-order chi connectivity index (χ1) is 9.76. The first kappa shape index (κ1) is 12.4. The summed E-state index contributed by atoms with van der Waals surface area (Å²) in [6.07, 6.45) is 5.32. The predicted octanol–water partition coefficient (Wildman–Crippen LogP) is 4.74. The second-order valence-corrected chi connectivity index (χ2v) is 5.12. The maximum atomic E-state index is 8.83. The summed E-state index contributed by atoms with van der Waals surface area (Å²) in [6, 6.07) is 18.6. The zero-order valence-corrected chi connectivity index (χ0v) is 11.4. The van der Waals surface area contributed by atoms with Gasteiger partial charge in [-0.1, -0.05) is 54.1 Å². The van der Waals surface area contributed by atoms with Gasteiger partial charge >= 0.3 is 0 Å². The molecule has 2 aromatic rings. The van der Waals surface area contributed by atoms with E-state index in [0.29, 0.717) is 5.56 Å². The third kappa shape index (κ3) is 2.41. The van der Waals surface area contributed by atoms with Crippen LogP contribution in [-0.2, 0) is 0 Å². The van der Waals surface area contributed by atoms with Crippen molar-refractivity contribution in [2.45, 2.75) is 13.3 Å². The van der Waals surface area contributed by atoms with Crippen LogP contribution in [0.25, 0.3) is 11.1 Å². The summed E-state index contributed by atoms with van der Waals surface area (Å²) in [5.74, 6) is 0. The molecule has 20 heavy (non-hydrogen) atoms. The summed E-state index contributed by atoms with van der Waals surface area (Å²) in [5.41, 5.74) is 7.14. The molecule has 0 aliphatic heterocycles. The molecule has 1 nitrogen and oxygen atoms in total. The molecule has 0 N–H and O–H groups in total. The summed E-state index contributed by atoms with van der Waals surface area (Å²) >= 11 is 0. The quantitative estimate of drug-likeness (QED) is 0.762. The zero-order chi connectivity index (χ0) is 13.9. The van der Waals surface area contributed by atoms with Crippen LogP contribution in [0.3, 0.4) is 0 Å². The van der Waals surface area contributed by atoms with E-state index < -0.39 is 0 Å². The zero-order valence-electron chi connectivity index (χ0n) is 11.4. The van der Waals surface area contributed by atoms with Crippen molar-refractivity contribution < 1.29 is 0 Å². The van der Waals surface area contributed by atoms with Gasteiger partial charge in [-0.25, -0.2) is 0 Å². The molecule has 1 heteroatoms. The van der Waals surface area contributed by atoms with Crippen molar-refractivity contribution in [1.82, 2.24) is 0 Å². The van der Waals surface area contributed by atoms with Crippen LogP contribution in [0.2, 0.25) is 0 Å². The lowest BCUT2D eigenvalue weighted by molar-refractivity contribution is 1.39. The number of allylic oxidation sites excluding steroid dienone is 4. The number of hydrogen-bond acceptors (Lipinski definition) is 1. The van der Waals surface area contributed by atoms with Gasteiger partial charge in [-0.15, -0.1) is 0 Å². The van der Waals surface area contributed by atoms with E-state index in [1.165, 1.54) is 27.8 Å². The standard InChI is InChI=1S/C19H15N/c1-14-2-6-16(7-3-14)18-10-11-19(12-18)17-8-4-15(13-20)5-9-17/h2-11H,12H2,1H3. The molecule has 0 aromatic heterocycles. The van der Waals surface area contributed by atoms with Crippen molar-refractivity contribution in [3.8, 4) is 6.07 Å². The van der Waals surface area contributed by atoms with Gasteiger partial charge < -0.3 is 0 Å². The smallest absolute Gasteiger partial charge is 0.0991 e. The highest BCUT2D eigenvalue weighted by Crippen LogP contribution is 2.33. The second kappa shape index (κ2) is 5.19. The van der Waals surface area contributed by atoms with Crippen molar-refractivity contribution in [2.24, 2.45) is 0 Å². The minimum Gasteiger partial charge on any atom is -0.192 e. The normalized spacial score (nSPS) is 13.6. The predicted molar refractivity (Wildman–Crippen MR) is 82.9 cm³/mol. The first-order valence-electron chi connectivity index (χ1n) is 6.73. The lowest BCUT2D eigenvalue weighted by Gasteiger charge is -2.06. The van der Waals surface area contributed by atoms with Gasteiger partial charge in [-0.2, -0.15) is 5.26 Å². The van der Waals surface area contributed by atoms with Crippen LogP contribution in [0.15, 0.2) is 60.7 Å². The van der Waals surface area contributed by atoms with Crippen molar-refractivity contribution >= 4 is 11.1 Å². The Morgan fingerprint density at radius 3 is 1.80 bits per heavy atom. The van der Waals surface area contributed by atoms with Crippen molar-refractivity contribution in [3.05, 3.63) is 82.9 Å². The van der Waals surface area contributed by atoms with Crippen LogP contribution in [0, 0.1) is 18.3 Å². The van der Waals surface area contributed by atoms with Crippen LogP contribution in [0.1, 0.15) is 28.7 Å². The lowest BCUT2D eigenvalue weighted by Crippen LogP contribution is -1.86. The highest BCUT2D eigenvalue weighted by molar-refractivity contribution is 5.86. The van der Waals surface area contributed by atoms with E-state index in [-0.39, 0.29) is 0 Å². The summed E-state index contributed by atoms with van der Waals surface area (Å²) in [6.45, 7) is 2.10. The highest BCUT2D eigenvalue weighted by atomic mass is 14.2. The van der Waals surface area contributed by atoms with Gasteiger partial charge in [0.05, 0.1) is 11.6 Å². The van der Waals surface area contributed by atoms with Gasteiger partial charge in [-0.05, 0) is 47.8 Å². The fraction of sp³-hybridized carbons (Fsp3) is 0.105. The topological polar surface area (TPSA) is 23.8 Å². The molecule has 2 aromatic carbocycles. The molecular formula is C19H15N. The largest absolute Gasteiger partial charge is 0.192 e. The Morgan fingerprint density at radius 2 is 1.30 bits per heavy atom. The molecule has 0 unspecified atom stereocenters. The molecule has 1 aliphatic rings. The fourth-order valence-corrected chi connectivity index (χ4v) is 2.45. The summed E-state index contributed by atoms with van der Waals surface area (Å²) in [7, 11) is 0. The number of nitriles is 1. The molecule has 0 heterocycles. The Kier molecular flexibility index (Phi) is 3.23. The van der Waals surface area contributed by atoms with Gasteiger partial charge in [0, 0.05) is 0 Å². The molecule has 0 radical (unpaired) electrons. The third-order valence-electron chi connectivity index (χ3n) is 3.67. The Morgan fingerprint density at radius 1 is 0.800 bits per heavy atom. The van der Waals surface area contributed by atoms with E-state index in [9.17, 15) is 0 Å². The highest BCUT2D eigenvalue weighted by Gasteiger charge is 2.11. The number of nitrogens with zero attached hydrogens (tertiary/aromatic N) is 1. The van der Waals surface area contributed by atoms with Crippen molar-refractivity contribution in [1.29, 1.82) is 5.26 Å². The van der Waals surface area contributed by atoms with Gasteiger partial charge in [0.2, 0.25) is 0 Å². The van der Waals surface area contributed by atoms with E-state index in [1.54, 1.807) is 0 Å². The molecule has 0 saturated carbocycles. The molecule has 3 rings (SSSR count). The Balaban J connectivity index is 1.78. The number of rotatable bonds is 2. The SMILES string of the molecule is Cc1ccc(C2=CC=C(c3ccc(C#N)cc3)C2)cc1. The molecular weight excluding hydrogens is 242 g/mol. The minimum absolute atomic E-state index is 0.707. The maximum Gasteiger partial charge on any atom is 0.0991 e. The molecule has 0 fully saturated rings. The number of aryl methyl sites for hydroxylation is 1. The second-order valence-electron chi connectivity index (χ2n) is 5.12. The molecule has 96 valence electrons. The average molecular weight is 257 g/mol. The molecule has 0 amide bonds. The van der Waals surface area contributed by atoms with Gasteiger partial charge in [-0.3, -0.25) is 0 Å². The van der Waals surface area contributed by atoms with Gasteiger partial charge in [0.25, 0.3) is 0 Å².